The van der Waals surface area contributed by atoms with Gasteiger partial charge in [-0.1, -0.05) is 15.9 Å². The molecule has 128 valence electrons. The van der Waals surface area contributed by atoms with Gasteiger partial charge in [-0.15, -0.1) is 0 Å². The summed E-state index contributed by atoms with van der Waals surface area (Å²) in [4.78, 5) is 25.5. The third-order valence-corrected chi connectivity index (χ3v) is 5.83. The smallest absolute Gasteiger partial charge is 0.268 e. The molecule has 0 aliphatic carbocycles. The lowest BCUT2D eigenvalue weighted by atomic mass is 10.0. The summed E-state index contributed by atoms with van der Waals surface area (Å²) in [6, 6.07) is 3.99. The first kappa shape index (κ1) is 16.0. The fourth-order valence-corrected chi connectivity index (χ4v) is 4.63. The van der Waals surface area contributed by atoms with Crippen molar-refractivity contribution in [3.05, 3.63) is 18.3 Å². The van der Waals surface area contributed by atoms with Crippen molar-refractivity contribution >= 4 is 39.1 Å². The molecule has 3 saturated heterocycles. The van der Waals surface area contributed by atoms with Gasteiger partial charge in [0.05, 0.1) is 11.9 Å². The van der Waals surface area contributed by atoms with Gasteiger partial charge in [0.2, 0.25) is 0 Å². The summed E-state index contributed by atoms with van der Waals surface area (Å²) >= 11 is 3.58. The maximum absolute atomic E-state index is 12.2. The molecule has 3 unspecified atom stereocenters. The number of likely N-dealkylation sites (tertiary alicyclic amines) is 1. The molecule has 0 bridgehead atoms. The average molecular weight is 392 g/mol. The Kier molecular flexibility index (Phi) is 4.30. The number of aromatic nitrogens is 1. The normalized spacial score (nSPS) is 31.8. The lowest BCUT2D eigenvalue weighted by Crippen LogP contribution is -2.43. The predicted molar refractivity (Wildman–Crippen MR) is 98.4 cm³/mol. The Hall–Kier alpha value is -1.47. The van der Waals surface area contributed by atoms with Crippen LogP contribution >= 0.6 is 15.9 Å². The lowest BCUT2D eigenvalue weighted by Gasteiger charge is -2.27. The monoisotopic (exact) mass is 391 g/mol. The summed E-state index contributed by atoms with van der Waals surface area (Å²) in [6.45, 7) is 5.17. The van der Waals surface area contributed by atoms with Crippen molar-refractivity contribution in [2.24, 2.45) is 16.8 Å². The molecular weight excluding hydrogens is 370 g/mol. The minimum absolute atomic E-state index is 0.00329. The maximum Gasteiger partial charge on any atom is 0.268 e. The highest BCUT2D eigenvalue weighted by Crippen LogP contribution is 2.30. The van der Waals surface area contributed by atoms with Crippen molar-refractivity contribution in [2.45, 2.75) is 11.2 Å². The summed E-state index contributed by atoms with van der Waals surface area (Å²) in [5, 5.41) is 3.46. The lowest BCUT2D eigenvalue weighted by molar-refractivity contribution is -0.123. The molecule has 24 heavy (non-hydrogen) atoms. The number of anilines is 1. The fraction of sp³-hybridized carbons (Fsp3) is 0.588. The number of rotatable bonds is 2. The van der Waals surface area contributed by atoms with Gasteiger partial charge in [0, 0.05) is 51.0 Å². The molecule has 6 nitrogen and oxygen atoms in total. The van der Waals surface area contributed by atoms with Crippen molar-refractivity contribution < 1.29 is 4.79 Å². The van der Waals surface area contributed by atoms with Crippen molar-refractivity contribution in [1.29, 1.82) is 0 Å². The molecule has 1 N–H and O–H groups in total. The molecule has 0 saturated carbocycles. The van der Waals surface area contributed by atoms with Crippen molar-refractivity contribution in [3.63, 3.8) is 0 Å². The first-order valence-electron chi connectivity index (χ1n) is 8.49. The number of nitrogens with one attached hydrogen (secondary N) is 1. The average Bonchev–Trinajstić information content (AvgIpc) is 3.14. The Labute approximate surface area is 150 Å². The molecule has 3 aliphatic heterocycles. The molecule has 1 aromatic heterocycles. The van der Waals surface area contributed by atoms with Crippen LogP contribution in [-0.4, -0.2) is 66.1 Å². The molecule has 3 fully saturated rings. The van der Waals surface area contributed by atoms with E-state index in [1.165, 1.54) is 0 Å². The molecule has 4 heterocycles. The van der Waals surface area contributed by atoms with Gasteiger partial charge >= 0.3 is 0 Å². The number of piperidine rings is 1. The fourth-order valence-electron chi connectivity index (χ4n) is 3.89. The highest BCUT2D eigenvalue weighted by Gasteiger charge is 2.36. The predicted octanol–water partition coefficient (Wildman–Crippen LogP) is 1.44. The summed E-state index contributed by atoms with van der Waals surface area (Å²) < 4.78 is 0. The number of halogens is 1. The summed E-state index contributed by atoms with van der Waals surface area (Å²) in [6.07, 6.45) is 2.53. The largest absolute Gasteiger partial charge is 0.370 e. The number of nitrogens with zero attached hydrogens (tertiary/aromatic N) is 4. The summed E-state index contributed by atoms with van der Waals surface area (Å²) in [5.74, 6) is 2.13. The first-order valence-corrected chi connectivity index (χ1v) is 9.40. The van der Waals surface area contributed by atoms with Crippen LogP contribution in [0.3, 0.4) is 0 Å². The van der Waals surface area contributed by atoms with Crippen molar-refractivity contribution in [1.82, 2.24) is 15.2 Å². The first-order chi connectivity index (χ1) is 11.6. The van der Waals surface area contributed by atoms with E-state index in [4.69, 9.17) is 0 Å². The van der Waals surface area contributed by atoms with Gasteiger partial charge in [-0.3, -0.25) is 4.79 Å². The van der Waals surface area contributed by atoms with Crippen LogP contribution in [0.2, 0.25) is 0 Å². The molecule has 3 atom stereocenters. The van der Waals surface area contributed by atoms with Crippen LogP contribution < -0.4 is 10.2 Å². The Morgan fingerprint density at radius 1 is 1.25 bits per heavy atom. The van der Waals surface area contributed by atoms with Crippen LogP contribution in [0.25, 0.3) is 0 Å². The SMILES string of the molecule is CN1CC(Br)CC(=Nc2ccc(N3CC4CNCC4C3)cn2)C1=O. The summed E-state index contributed by atoms with van der Waals surface area (Å²) in [5.41, 5.74) is 1.73. The third kappa shape index (κ3) is 3.07. The quantitative estimate of drug-likeness (QED) is 0.774. The standard InChI is InChI=1S/C17H22BrN5O/c1-22-10-13(18)4-15(17(22)24)21-16-3-2-14(7-20-16)23-8-11-5-19-6-12(11)9-23/h2-3,7,11-13,19H,4-6,8-10H2,1H3. The van der Waals surface area contributed by atoms with Gasteiger partial charge in [-0.25, -0.2) is 9.98 Å². The Morgan fingerprint density at radius 3 is 2.67 bits per heavy atom. The number of carbonyl (C=O) groups excluding carboxylic acids is 1. The maximum atomic E-state index is 12.2. The number of aliphatic imine (C=N–C) groups is 1. The second-order valence-corrected chi connectivity index (χ2v) is 8.30. The summed E-state index contributed by atoms with van der Waals surface area (Å²) in [7, 11) is 1.81. The topological polar surface area (TPSA) is 60.8 Å². The van der Waals surface area contributed by atoms with E-state index < -0.39 is 0 Å². The molecule has 7 heteroatoms. The third-order valence-electron chi connectivity index (χ3n) is 5.22. The number of hydrogen-bond donors (Lipinski definition) is 1. The van der Waals surface area contributed by atoms with Crippen LogP contribution in [0.1, 0.15) is 6.42 Å². The van der Waals surface area contributed by atoms with Crippen LogP contribution in [0, 0.1) is 11.8 Å². The number of hydrogen-bond acceptors (Lipinski definition) is 5. The Bertz CT molecular complexity index is 649. The van der Waals surface area contributed by atoms with E-state index in [1.54, 1.807) is 11.9 Å². The highest BCUT2D eigenvalue weighted by atomic mass is 79.9. The second-order valence-electron chi connectivity index (χ2n) is 7.00. The van der Waals surface area contributed by atoms with Gasteiger partial charge < -0.3 is 15.1 Å². The number of alkyl halides is 1. The molecule has 3 aliphatic rings. The minimum Gasteiger partial charge on any atom is -0.370 e. The molecule has 1 aromatic rings. The van der Waals surface area contributed by atoms with E-state index in [9.17, 15) is 4.79 Å². The zero-order valence-electron chi connectivity index (χ0n) is 13.8. The van der Waals surface area contributed by atoms with Gasteiger partial charge in [0.15, 0.2) is 5.82 Å². The van der Waals surface area contributed by atoms with E-state index in [2.05, 4.69) is 42.2 Å². The van der Waals surface area contributed by atoms with E-state index in [-0.39, 0.29) is 10.7 Å². The van der Waals surface area contributed by atoms with Crippen molar-refractivity contribution in [2.75, 3.05) is 44.7 Å². The van der Waals surface area contributed by atoms with Crippen LogP contribution in [0.15, 0.2) is 23.3 Å². The molecular formula is C17H22BrN5O. The zero-order chi connectivity index (χ0) is 16.7. The van der Waals surface area contributed by atoms with Crippen LogP contribution in [-0.2, 0) is 4.79 Å². The number of carbonyl (C=O) groups is 1. The van der Waals surface area contributed by atoms with Crippen molar-refractivity contribution in [3.8, 4) is 0 Å². The second kappa shape index (κ2) is 6.44. The minimum atomic E-state index is -0.00329. The molecule has 0 aromatic carbocycles. The molecule has 0 radical (unpaired) electrons. The highest BCUT2D eigenvalue weighted by molar-refractivity contribution is 9.09. The Morgan fingerprint density at radius 2 is 2.00 bits per heavy atom. The van der Waals surface area contributed by atoms with Gasteiger partial charge in [0.1, 0.15) is 5.71 Å². The van der Waals surface area contributed by atoms with Gasteiger partial charge in [-0.05, 0) is 24.0 Å². The number of fused-ring (bicyclic) bond motifs is 1. The van der Waals surface area contributed by atoms with Crippen LogP contribution in [0.5, 0.6) is 0 Å². The number of pyridine rings is 1. The van der Waals surface area contributed by atoms with Gasteiger partial charge in [0.25, 0.3) is 5.91 Å². The van der Waals surface area contributed by atoms with E-state index >= 15 is 0 Å². The molecule has 4 rings (SSSR count). The molecule has 1 amide bonds. The van der Waals surface area contributed by atoms with Crippen LogP contribution in [0.4, 0.5) is 11.5 Å². The Balaban J connectivity index is 1.48. The van der Waals surface area contributed by atoms with E-state index in [0.29, 0.717) is 18.0 Å². The van der Waals surface area contributed by atoms with E-state index in [0.717, 1.165) is 50.2 Å². The number of amides is 1. The van der Waals surface area contributed by atoms with E-state index in [1.807, 2.05) is 12.3 Å². The molecule has 0 spiro atoms. The zero-order valence-corrected chi connectivity index (χ0v) is 15.4. The van der Waals surface area contributed by atoms with Gasteiger partial charge in [-0.2, -0.15) is 0 Å².